The summed E-state index contributed by atoms with van der Waals surface area (Å²) in [7, 11) is -3.87. The minimum atomic E-state index is -3.87. The Balaban J connectivity index is 1.54. The number of nitrogens with zero attached hydrogens (tertiary/aromatic N) is 1. The lowest BCUT2D eigenvalue weighted by molar-refractivity contribution is 0.0988. The van der Waals surface area contributed by atoms with Crippen LogP contribution in [-0.2, 0) is 10.0 Å². The Hall–Kier alpha value is -3.85. The highest BCUT2D eigenvalue weighted by Crippen LogP contribution is 2.21. The molecule has 0 saturated carbocycles. The van der Waals surface area contributed by atoms with Crippen molar-refractivity contribution in [1.82, 2.24) is 9.97 Å². The van der Waals surface area contributed by atoms with Gasteiger partial charge >= 0.3 is 5.69 Å². The minimum Gasteiger partial charge on any atom is -0.309 e. The van der Waals surface area contributed by atoms with Crippen LogP contribution in [0.3, 0.4) is 0 Å². The van der Waals surface area contributed by atoms with Crippen molar-refractivity contribution in [3.8, 4) is 0 Å². The molecule has 1 aromatic heterocycles. The van der Waals surface area contributed by atoms with Gasteiger partial charge in [-0.1, -0.05) is 18.2 Å². The average Bonchev–Trinajstić information content (AvgIpc) is 3.14. The van der Waals surface area contributed by atoms with Gasteiger partial charge in [-0.05, 0) is 61.5 Å². The quantitative estimate of drug-likeness (QED) is 0.430. The minimum absolute atomic E-state index is 0.0108. The lowest BCUT2D eigenvalue weighted by Crippen LogP contribution is -2.30. The number of sulfonamides is 1. The first-order chi connectivity index (χ1) is 14.9. The van der Waals surface area contributed by atoms with Crippen molar-refractivity contribution in [3.05, 3.63) is 88.8 Å². The molecule has 31 heavy (non-hydrogen) atoms. The van der Waals surface area contributed by atoms with Gasteiger partial charge in [0.1, 0.15) is 0 Å². The normalized spacial score (nSPS) is 11.4. The number of carbonyl (C=O) groups excluding carboxylic acids is 1. The highest BCUT2D eigenvalue weighted by atomic mass is 32.2. The fourth-order valence-electron chi connectivity index (χ4n) is 3.28. The van der Waals surface area contributed by atoms with Crippen molar-refractivity contribution in [2.45, 2.75) is 11.8 Å². The number of hydrogen-bond donors (Lipinski definition) is 3. The van der Waals surface area contributed by atoms with Gasteiger partial charge in [-0.15, -0.1) is 0 Å². The molecule has 0 aliphatic heterocycles. The molecule has 0 fully saturated rings. The summed E-state index contributed by atoms with van der Waals surface area (Å²) < 4.78 is 27.9. The molecular weight excluding hydrogens is 416 g/mol. The zero-order valence-electron chi connectivity index (χ0n) is 16.6. The van der Waals surface area contributed by atoms with E-state index in [1.54, 1.807) is 29.2 Å². The van der Waals surface area contributed by atoms with Crippen molar-refractivity contribution in [3.63, 3.8) is 0 Å². The second-order valence-corrected chi connectivity index (χ2v) is 8.54. The topological polar surface area (TPSA) is 115 Å². The van der Waals surface area contributed by atoms with Crippen LogP contribution >= 0.6 is 0 Å². The number of rotatable bonds is 6. The molecule has 0 aliphatic rings. The van der Waals surface area contributed by atoms with Crippen LogP contribution in [0.1, 0.15) is 17.3 Å². The predicted molar refractivity (Wildman–Crippen MR) is 120 cm³/mol. The smallest absolute Gasteiger partial charge is 0.309 e. The van der Waals surface area contributed by atoms with E-state index in [-0.39, 0.29) is 10.8 Å². The van der Waals surface area contributed by atoms with E-state index in [1.165, 1.54) is 18.2 Å². The zero-order valence-corrected chi connectivity index (χ0v) is 17.4. The van der Waals surface area contributed by atoms with Gasteiger partial charge < -0.3 is 14.9 Å². The number of benzene rings is 3. The molecule has 0 unspecified atom stereocenters. The van der Waals surface area contributed by atoms with Crippen molar-refractivity contribution < 1.29 is 13.2 Å². The van der Waals surface area contributed by atoms with E-state index >= 15 is 0 Å². The van der Waals surface area contributed by atoms with Gasteiger partial charge in [0.05, 0.1) is 15.9 Å². The molecule has 0 atom stereocenters. The largest absolute Gasteiger partial charge is 0.323 e. The fourth-order valence-corrected chi connectivity index (χ4v) is 4.37. The maximum Gasteiger partial charge on any atom is 0.323 e. The lowest BCUT2D eigenvalue weighted by atomic mass is 10.1. The van der Waals surface area contributed by atoms with Gasteiger partial charge in [0, 0.05) is 23.5 Å². The van der Waals surface area contributed by atoms with Crippen LogP contribution in [0.5, 0.6) is 0 Å². The zero-order chi connectivity index (χ0) is 22.0. The van der Waals surface area contributed by atoms with Crippen molar-refractivity contribution in [2.24, 2.45) is 0 Å². The summed E-state index contributed by atoms with van der Waals surface area (Å²) >= 11 is 0. The van der Waals surface area contributed by atoms with Crippen LogP contribution in [0, 0.1) is 0 Å². The number of anilines is 2. The number of hydrogen-bond acceptors (Lipinski definition) is 4. The maximum atomic E-state index is 12.9. The lowest BCUT2D eigenvalue weighted by Gasteiger charge is -2.21. The monoisotopic (exact) mass is 436 g/mol. The molecule has 1 amide bonds. The van der Waals surface area contributed by atoms with Crippen molar-refractivity contribution in [1.29, 1.82) is 0 Å². The van der Waals surface area contributed by atoms with Gasteiger partial charge in [-0.3, -0.25) is 9.52 Å². The molecule has 158 valence electrons. The third kappa shape index (κ3) is 4.22. The van der Waals surface area contributed by atoms with E-state index in [0.29, 0.717) is 28.8 Å². The Bertz CT molecular complexity index is 1390. The average molecular weight is 436 g/mol. The van der Waals surface area contributed by atoms with Gasteiger partial charge in [-0.25, -0.2) is 13.2 Å². The Morgan fingerprint density at radius 1 is 0.935 bits per heavy atom. The Kier molecular flexibility index (Phi) is 5.35. The SMILES string of the molecule is CCN(C(=O)c1ccc(NS(=O)(=O)c2ccc3[nH]c(=O)[nH]c3c2)cc1)c1ccccc1. The van der Waals surface area contributed by atoms with E-state index in [0.717, 1.165) is 5.69 Å². The van der Waals surface area contributed by atoms with Crippen molar-refractivity contribution in [2.75, 3.05) is 16.2 Å². The third-order valence-corrected chi connectivity index (χ3v) is 6.19. The first kappa shape index (κ1) is 20.4. The summed E-state index contributed by atoms with van der Waals surface area (Å²) in [5, 5.41) is 0. The van der Waals surface area contributed by atoms with Gasteiger partial charge in [0.25, 0.3) is 15.9 Å². The second-order valence-electron chi connectivity index (χ2n) is 6.85. The Morgan fingerprint density at radius 3 is 2.29 bits per heavy atom. The van der Waals surface area contributed by atoms with E-state index in [4.69, 9.17) is 0 Å². The van der Waals surface area contributed by atoms with E-state index in [1.807, 2.05) is 37.3 Å². The summed E-state index contributed by atoms with van der Waals surface area (Å²) in [6.07, 6.45) is 0. The Labute approximate surface area is 178 Å². The molecule has 0 radical (unpaired) electrons. The number of aromatic amines is 2. The molecule has 0 aliphatic carbocycles. The van der Waals surface area contributed by atoms with E-state index in [9.17, 15) is 18.0 Å². The Morgan fingerprint density at radius 2 is 1.61 bits per heavy atom. The van der Waals surface area contributed by atoms with E-state index in [2.05, 4.69) is 14.7 Å². The van der Waals surface area contributed by atoms with E-state index < -0.39 is 15.7 Å². The molecule has 1 heterocycles. The molecule has 4 rings (SSSR count). The van der Waals surface area contributed by atoms with Crippen LogP contribution in [0.4, 0.5) is 11.4 Å². The van der Waals surface area contributed by atoms with Crippen LogP contribution in [0.2, 0.25) is 0 Å². The number of para-hydroxylation sites is 1. The highest BCUT2D eigenvalue weighted by molar-refractivity contribution is 7.92. The maximum absolute atomic E-state index is 12.9. The fraction of sp³-hybridized carbons (Fsp3) is 0.0909. The molecular formula is C22H20N4O4S. The molecule has 0 saturated heterocycles. The van der Waals surface area contributed by atoms with Crippen molar-refractivity contribution >= 4 is 38.3 Å². The predicted octanol–water partition coefficient (Wildman–Crippen LogP) is 3.32. The molecule has 9 heteroatoms. The second kappa shape index (κ2) is 8.11. The van der Waals surface area contributed by atoms with Crippen LogP contribution in [-0.4, -0.2) is 30.8 Å². The number of aromatic nitrogens is 2. The number of carbonyl (C=O) groups is 1. The molecule has 0 bridgehead atoms. The third-order valence-electron chi connectivity index (χ3n) is 4.81. The van der Waals surface area contributed by atoms with Crippen LogP contribution in [0.25, 0.3) is 11.0 Å². The van der Waals surface area contributed by atoms with Crippen LogP contribution in [0.15, 0.2) is 82.5 Å². The van der Waals surface area contributed by atoms with Gasteiger partial charge in [0.2, 0.25) is 0 Å². The number of amides is 1. The molecule has 3 aromatic carbocycles. The van der Waals surface area contributed by atoms with Gasteiger partial charge in [0.15, 0.2) is 0 Å². The van der Waals surface area contributed by atoms with Gasteiger partial charge in [-0.2, -0.15) is 0 Å². The summed E-state index contributed by atoms with van der Waals surface area (Å²) in [6, 6.07) is 19.9. The summed E-state index contributed by atoms with van der Waals surface area (Å²) in [6.45, 7) is 2.39. The highest BCUT2D eigenvalue weighted by Gasteiger charge is 2.18. The summed E-state index contributed by atoms with van der Waals surface area (Å²) in [5.74, 6) is -0.176. The molecule has 8 nitrogen and oxygen atoms in total. The first-order valence-electron chi connectivity index (χ1n) is 9.59. The first-order valence-corrected chi connectivity index (χ1v) is 11.1. The number of imidazole rings is 1. The van der Waals surface area contributed by atoms with Crippen LogP contribution < -0.4 is 15.3 Å². The summed E-state index contributed by atoms with van der Waals surface area (Å²) in [5.41, 5.74) is 2.06. The molecule has 4 aromatic rings. The molecule has 3 N–H and O–H groups in total. The standard InChI is InChI=1S/C22H20N4O4S/c1-2-26(17-6-4-3-5-7-17)21(27)15-8-10-16(11-9-15)25-31(29,30)18-12-13-19-20(14-18)24-22(28)23-19/h3-14,25H,2H2,1H3,(H2,23,24,28). The number of H-pyrrole nitrogens is 2. The number of nitrogens with one attached hydrogen (secondary N) is 3. The summed E-state index contributed by atoms with van der Waals surface area (Å²) in [4.78, 5) is 31.0. The number of fused-ring (bicyclic) bond motifs is 1. The molecule has 0 spiro atoms.